The fourth-order valence-corrected chi connectivity index (χ4v) is 1.33. The first-order valence-corrected chi connectivity index (χ1v) is 5.63. The highest BCUT2D eigenvalue weighted by Crippen LogP contribution is 2.23. The number of nitrogens with one attached hydrogen (secondary N) is 1. The first-order valence-electron chi connectivity index (χ1n) is 5.63. The first-order chi connectivity index (χ1) is 7.70. The molecule has 0 radical (unpaired) electrons. The van der Waals surface area contributed by atoms with Crippen molar-refractivity contribution < 1.29 is 4.63 Å². The molecule has 16 heavy (non-hydrogen) atoms. The third-order valence-corrected chi connectivity index (χ3v) is 2.69. The zero-order valence-corrected chi connectivity index (χ0v) is 10.2. The monoisotopic (exact) mass is 224 g/mol. The normalized spacial score (nSPS) is 12.5. The number of allylic oxidation sites excluding steroid dienone is 2. The molecule has 0 amide bonds. The molecule has 3 N–H and O–H groups in total. The SMILES string of the molecule is CC/C(C)=C(/C)c1nonc1NCCCN. The zero-order chi connectivity index (χ0) is 12.0. The van der Waals surface area contributed by atoms with Gasteiger partial charge in [0.2, 0.25) is 0 Å². The van der Waals surface area contributed by atoms with Crippen LogP contribution in [0.2, 0.25) is 0 Å². The Morgan fingerprint density at radius 1 is 1.38 bits per heavy atom. The maximum Gasteiger partial charge on any atom is 0.198 e. The van der Waals surface area contributed by atoms with E-state index in [9.17, 15) is 0 Å². The van der Waals surface area contributed by atoms with Gasteiger partial charge in [0.25, 0.3) is 0 Å². The number of hydrogen-bond acceptors (Lipinski definition) is 5. The molecule has 0 saturated carbocycles. The van der Waals surface area contributed by atoms with Gasteiger partial charge in [-0.1, -0.05) is 12.5 Å². The van der Waals surface area contributed by atoms with Crippen molar-refractivity contribution in [2.45, 2.75) is 33.6 Å². The van der Waals surface area contributed by atoms with E-state index < -0.39 is 0 Å². The highest BCUT2D eigenvalue weighted by Gasteiger charge is 2.12. The molecule has 0 aromatic carbocycles. The highest BCUT2D eigenvalue weighted by molar-refractivity contribution is 5.71. The van der Waals surface area contributed by atoms with Crippen LogP contribution in [0, 0.1) is 0 Å². The second kappa shape index (κ2) is 6.27. The van der Waals surface area contributed by atoms with E-state index in [1.54, 1.807) is 0 Å². The minimum atomic E-state index is 0.663. The van der Waals surface area contributed by atoms with Crippen LogP contribution in [0.15, 0.2) is 10.2 Å². The molecule has 0 aliphatic heterocycles. The lowest BCUT2D eigenvalue weighted by Gasteiger charge is -2.05. The first kappa shape index (κ1) is 12.7. The Balaban J connectivity index is 2.78. The fourth-order valence-electron chi connectivity index (χ4n) is 1.33. The predicted octanol–water partition coefficient (Wildman–Crippen LogP) is 2.03. The summed E-state index contributed by atoms with van der Waals surface area (Å²) >= 11 is 0. The Hall–Kier alpha value is -1.36. The van der Waals surface area contributed by atoms with Gasteiger partial charge in [0.15, 0.2) is 11.5 Å². The van der Waals surface area contributed by atoms with E-state index in [4.69, 9.17) is 10.4 Å². The number of hydrogen-bond donors (Lipinski definition) is 2. The summed E-state index contributed by atoms with van der Waals surface area (Å²) in [7, 11) is 0. The van der Waals surface area contributed by atoms with Crippen LogP contribution in [0.4, 0.5) is 5.82 Å². The molecule has 0 fully saturated rings. The fraction of sp³-hybridized carbons (Fsp3) is 0.636. The lowest BCUT2D eigenvalue weighted by molar-refractivity contribution is 0.307. The van der Waals surface area contributed by atoms with Gasteiger partial charge in [-0.15, -0.1) is 0 Å². The summed E-state index contributed by atoms with van der Waals surface area (Å²) in [5.74, 6) is 0.707. The number of nitrogens with two attached hydrogens (primary N) is 1. The summed E-state index contributed by atoms with van der Waals surface area (Å²) in [5, 5.41) is 11.0. The highest BCUT2D eigenvalue weighted by atomic mass is 16.6. The minimum absolute atomic E-state index is 0.663. The standard InChI is InChI=1S/C11H20N4O/c1-4-8(2)9(3)10-11(15-16-14-10)13-7-5-6-12/h4-7,12H2,1-3H3,(H,13,15)/b9-8-. The van der Waals surface area contributed by atoms with Gasteiger partial charge >= 0.3 is 0 Å². The average molecular weight is 224 g/mol. The Labute approximate surface area is 96.1 Å². The van der Waals surface area contributed by atoms with Crippen LogP contribution >= 0.6 is 0 Å². The summed E-state index contributed by atoms with van der Waals surface area (Å²) in [5.41, 5.74) is 8.64. The van der Waals surface area contributed by atoms with E-state index in [-0.39, 0.29) is 0 Å². The van der Waals surface area contributed by atoms with Crippen LogP contribution in [0.1, 0.15) is 39.3 Å². The van der Waals surface area contributed by atoms with Crippen molar-refractivity contribution >= 4 is 11.4 Å². The van der Waals surface area contributed by atoms with E-state index in [1.165, 1.54) is 5.57 Å². The molecule has 0 saturated heterocycles. The third-order valence-electron chi connectivity index (χ3n) is 2.69. The van der Waals surface area contributed by atoms with E-state index in [0.717, 1.165) is 30.7 Å². The molecule has 5 nitrogen and oxygen atoms in total. The van der Waals surface area contributed by atoms with Crippen LogP contribution in [-0.4, -0.2) is 23.4 Å². The predicted molar refractivity (Wildman–Crippen MR) is 65.0 cm³/mol. The van der Waals surface area contributed by atoms with Crippen molar-refractivity contribution in [3.63, 3.8) is 0 Å². The summed E-state index contributed by atoms with van der Waals surface area (Å²) in [4.78, 5) is 0. The Morgan fingerprint density at radius 2 is 2.12 bits per heavy atom. The van der Waals surface area contributed by atoms with Gasteiger partial charge in [-0.2, -0.15) is 0 Å². The van der Waals surface area contributed by atoms with Gasteiger partial charge in [0.05, 0.1) is 0 Å². The lowest BCUT2D eigenvalue weighted by Crippen LogP contribution is -2.09. The molecule has 0 unspecified atom stereocenters. The molecule has 0 spiro atoms. The Bertz CT molecular complexity index is 357. The van der Waals surface area contributed by atoms with Crippen molar-refractivity contribution in [3.8, 4) is 0 Å². The minimum Gasteiger partial charge on any atom is -0.365 e. The summed E-state index contributed by atoms with van der Waals surface area (Å²) in [6.07, 6.45) is 1.91. The zero-order valence-electron chi connectivity index (χ0n) is 10.2. The van der Waals surface area contributed by atoms with Crippen molar-refractivity contribution in [2.24, 2.45) is 5.73 Å². The second-order valence-electron chi connectivity index (χ2n) is 3.79. The molecule has 1 heterocycles. The largest absolute Gasteiger partial charge is 0.365 e. The molecule has 1 rings (SSSR count). The lowest BCUT2D eigenvalue weighted by atomic mass is 10.1. The van der Waals surface area contributed by atoms with Crippen LogP contribution in [0.3, 0.4) is 0 Å². The quantitative estimate of drug-likeness (QED) is 0.723. The molecule has 1 aromatic rings. The number of nitrogens with zero attached hydrogens (tertiary/aromatic N) is 2. The van der Waals surface area contributed by atoms with Crippen molar-refractivity contribution in [1.82, 2.24) is 10.3 Å². The number of anilines is 1. The van der Waals surface area contributed by atoms with Gasteiger partial charge in [0, 0.05) is 6.54 Å². The topological polar surface area (TPSA) is 77.0 Å². The van der Waals surface area contributed by atoms with E-state index in [2.05, 4.69) is 29.5 Å². The van der Waals surface area contributed by atoms with E-state index in [1.807, 2.05) is 6.92 Å². The Kier molecular flexibility index (Phi) is 4.98. The van der Waals surface area contributed by atoms with Gasteiger partial charge in [-0.3, -0.25) is 0 Å². The van der Waals surface area contributed by atoms with E-state index >= 15 is 0 Å². The van der Waals surface area contributed by atoms with Gasteiger partial charge in [-0.05, 0) is 49.1 Å². The maximum absolute atomic E-state index is 5.43. The third kappa shape index (κ3) is 3.06. The summed E-state index contributed by atoms with van der Waals surface area (Å²) in [6, 6.07) is 0. The molecule has 0 atom stereocenters. The second-order valence-corrected chi connectivity index (χ2v) is 3.79. The molecule has 90 valence electrons. The van der Waals surface area contributed by atoms with Crippen LogP contribution in [0.25, 0.3) is 5.57 Å². The van der Waals surface area contributed by atoms with Gasteiger partial charge in [0.1, 0.15) is 0 Å². The van der Waals surface area contributed by atoms with Gasteiger partial charge in [-0.25, -0.2) is 4.63 Å². The molecule has 0 bridgehead atoms. The van der Waals surface area contributed by atoms with Crippen molar-refractivity contribution in [3.05, 3.63) is 11.3 Å². The molecule has 0 aliphatic carbocycles. The molecule has 5 heteroatoms. The summed E-state index contributed by atoms with van der Waals surface area (Å²) < 4.78 is 4.76. The molecule has 0 aliphatic rings. The number of rotatable bonds is 6. The average Bonchev–Trinajstić information content (AvgIpc) is 2.75. The smallest absolute Gasteiger partial charge is 0.198 e. The van der Waals surface area contributed by atoms with Crippen molar-refractivity contribution in [1.29, 1.82) is 0 Å². The van der Waals surface area contributed by atoms with Crippen molar-refractivity contribution in [2.75, 3.05) is 18.4 Å². The molecule has 1 aromatic heterocycles. The van der Waals surface area contributed by atoms with Crippen LogP contribution in [0.5, 0.6) is 0 Å². The van der Waals surface area contributed by atoms with E-state index in [0.29, 0.717) is 12.4 Å². The van der Waals surface area contributed by atoms with Crippen LogP contribution in [-0.2, 0) is 0 Å². The Morgan fingerprint density at radius 3 is 2.75 bits per heavy atom. The number of aromatic nitrogens is 2. The van der Waals surface area contributed by atoms with Gasteiger partial charge < -0.3 is 11.1 Å². The maximum atomic E-state index is 5.43. The van der Waals surface area contributed by atoms with Crippen LogP contribution < -0.4 is 11.1 Å². The molecular weight excluding hydrogens is 204 g/mol. The summed E-state index contributed by atoms with van der Waals surface area (Å²) in [6.45, 7) is 7.70. The molecular formula is C11H20N4O.